The Hall–Kier alpha value is -0.350. The Bertz CT molecular complexity index is 296. The number of thiophene rings is 1. The Kier molecular flexibility index (Phi) is 3.93. The highest BCUT2D eigenvalue weighted by Crippen LogP contribution is 2.20. The van der Waals surface area contributed by atoms with E-state index in [-0.39, 0.29) is 5.91 Å². The Labute approximate surface area is 90.7 Å². The smallest absolute Gasteiger partial charge is 0.222 e. The summed E-state index contributed by atoms with van der Waals surface area (Å²) in [4.78, 5) is 14.1. The fourth-order valence-corrected chi connectivity index (χ4v) is 2.39. The van der Waals surface area contributed by atoms with Crippen molar-refractivity contribution in [2.24, 2.45) is 0 Å². The van der Waals surface area contributed by atoms with E-state index in [0.29, 0.717) is 6.42 Å². The topological polar surface area (TPSA) is 20.3 Å². The van der Waals surface area contributed by atoms with Crippen molar-refractivity contribution in [3.05, 3.63) is 20.8 Å². The Morgan fingerprint density at radius 3 is 2.77 bits per heavy atom. The first-order chi connectivity index (χ1) is 6.09. The van der Waals surface area contributed by atoms with Crippen molar-refractivity contribution in [3.8, 4) is 0 Å². The molecule has 1 rings (SSSR count). The molecule has 0 spiro atoms. The summed E-state index contributed by atoms with van der Waals surface area (Å²) in [6.45, 7) is 0. The van der Waals surface area contributed by atoms with Crippen LogP contribution in [0.25, 0.3) is 0 Å². The van der Waals surface area contributed by atoms with Gasteiger partial charge in [0.05, 0.1) is 0 Å². The van der Waals surface area contributed by atoms with E-state index in [1.54, 1.807) is 30.3 Å². The quantitative estimate of drug-likeness (QED) is 0.819. The zero-order valence-electron chi connectivity index (χ0n) is 7.71. The van der Waals surface area contributed by atoms with Crippen LogP contribution in [0.2, 0.25) is 0 Å². The van der Waals surface area contributed by atoms with Crippen LogP contribution in [0.15, 0.2) is 15.9 Å². The molecule has 1 amide bonds. The van der Waals surface area contributed by atoms with Gasteiger partial charge in [0.15, 0.2) is 0 Å². The molecule has 0 bridgehead atoms. The minimum atomic E-state index is 0.185. The Morgan fingerprint density at radius 1 is 1.62 bits per heavy atom. The first-order valence-corrected chi connectivity index (χ1v) is 5.70. The van der Waals surface area contributed by atoms with Crippen LogP contribution in [0.1, 0.15) is 11.3 Å². The van der Waals surface area contributed by atoms with E-state index in [1.165, 1.54) is 4.88 Å². The molecule has 0 aliphatic heterocycles. The standard InChI is InChI=1S/C9H12BrNOS/c1-11(2)9(12)4-3-8-5-7(10)6-13-8/h5-6H,3-4H2,1-2H3. The third-order valence-electron chi connectivity index (χ3n) is 1.71. The average molecular weight is 262 g/mol. The number of carbonyl (C=O) groups excluding carboxylic acids is 1. The van der Waals surface area contributed by atoms with Gasteiger partial charge in [0.2, 0.25) is 5.91 Å². The summed E-state index contributed by atoms with van der Waals surface area (Å²) in [5, 5.41) is 2.04. The maximum absolute atomic E-state index is 11.2. The summed E-state index contributed by atoms with van der Waals surface area (Å²) in [5.41, 5.74) is 0. The van der Waals surface area contributed by atoms with E-state index < -0.39 is 0 Å². The third-order valence-corrected chi connectivity index (χ3v) is 3.46. The highest BCUT2D eigenvalue weighted by Gasteiger charge is 2.05. The van der Waals surface area contributed by atoms with Crippen LogP contribution in [0.4, 0.5) is 0 Å². The third kappa shape index (κ3) is 3.48. The molecule has 13 heavy (non-hydrogen) atoms. The van der Waals surface area contributed by atoms with E-state index in [2.05, 4.69) is 22.0 Å². The highest BCUT2D eigenvalue weighted by atomic mass is 79.9. The minimum Gasteiger partial charge on any atom is -0.349 e. The maximum Gasteiger partial charge on any atom is 0.222 e. The van der Waals surface area contributed by atoms with Crippen molar-refractivity contribution < 1.29 is 4.79 Å². The monoisotopic (exact) mass is 261 g/mol. The molecule has 0 radical (unpaired) electrons. The molecule has 1 aromatic heterocycles. The summed E-state index contributed by atoms with van der Waals surface area (Å²) in [6, 6.07) is 2.06. The van der Waals surface area contributed by atoms with Gasteiger partial charge in [-0.1, -0.05) is 0 Å². The molecule has 72 valence electrons. The van der Waals surface area contributed by atoms with Gasteiger partial charge in [-0.2, -0.15) is 0 Å². The molecule has 0 unspecified atom stereocenters. The lowest BCUT2D eigenvalue weighted by atomic mass is 10.2. The molecule has 1 heterocycles. The van der Waals surface area contributed by atoms with E-state index in [1.807, 2.05) is 5.38 Å². The van der Waals surface area contributed by atoms with Crippen molar-refractivity contribution >= 4 is 33.2 Å². The van der Waals surface area contributed by atoms with Crippen LogP contribution in [0.5, 0.6) is 0 Å². The van der Waals surface area contributed by atoms with Crippen molar-refractivity contribution in [2.45, 2.75) is 12.8 Å². The second kappa shape index (κ2) is 4.77. The van der Waals surface area contributed by atoms with Crippen molar-refractivity contribution in [3.63, 3.8) is 0 Å². The first-order valence-electron chi connectivity index (χ1n) is 4.02. The van der Waals surface area contributed by atoms with Crippen LogP contribution < -0.4 is 0 Å². The minimum absolute atomic E-state index is 0.185. The van der Waals surface area contributed by atoms with Gasteiger partial charge in [0.1, 0.15) is 0 Å². The Morgan fingerprint density at radius 2 is 2.31 bits per heavy atom. The van der Waals surface area contributed by atoms with Gasteiger partial charge in [-0.15, -0.1) is 11.3 Å². The van der Waals surface area contributed by atoms with Crippen LogP contribution in [-0.4, -0.2) is 24.9 Å². The predicted molar refractivity (Wildman–Crippen MR) is 59.0 cm³/mol. The van der Waals surface area contributed by atoms with Crippen LogP contribution >= 0.6 is 27.3 Å². The molecule has 2 nitrogen and oxygen atoms in total. The number of rotatable bonds is 3. The van der Waals surface area contributed by atoms with E-state index in [0.717, 1.165) is 10.9 Å². The molecule has 0 saturated heterocycles. The van der Waals surface area contributed by atoms with E-state index in [9.17, 15) is 4.79 Å². The molecule has 0 aliphatic rings. The van der Waals surface area contributed by atoms with Crippen LogP contribution in [-0.2, 0) is 11.2 Å². The molecule has 0 fully saturated rings. The van der Waals surface area contributed by atoms with Crippen LogP contribution in [0, 0.1) is 0 Å². The molecule has 0 aliphatic carbocycles. The lowest BCUT2D eigenvalue weighted by Crippen LogP contribution is -2.21. The second-order valence-electron chi connectivity index (χ2n) is 3.02. The lowest BCUT2D eigenvalue weighted by Gasteiger charge is -2.08. The molecule has 0 aromatic carbocycles. The average Bonchev–Trinajstić information content (AvgIpc) is 2.47. The van der Waals surface area contributed by atoms with Gasteiger partial charge in [-0.25, -0.2) is 0 Å². The Balaban J connectivity index is 2.39. The number of aryl methyl sites for hydroxylation is 1. The SMILES string of the molecule is CN(C)C(=O)CCc1cc(Br)cs1. The molecule has 0 atom stereocenters. The summed E-state index contributed by atoms with van der Waals surface area (Å²) in [7, 11) is 3.57. The number of hydrogen-bond acceptors (Lipinski definition) is 2. The number of amides is 1. The summed E-state index contributed by atoms with van der Waals surface area (Å²) in [6.07, 6.45) is 1.44. The summed E-state index contributed by atoms with van der Waals surface area (Å²) < 4.78 is 1.10. The van der Waals surface area contributed by atoms with Crippen LogP contribution in [0.3, 0.4) is 0 Å². The van der Waals surface area contributed by atoms with Gasteiger partial charge >= 0.3 is 0 Å². The molecule has 0 N–H and O–H groups in total. The van der Waals surface area contributed by atoms with Gasteiger partial charge in [-0.3, -0.25) is 4.79 Å². The van der Waals surface area contributed by atoms with Gasteiger partial charge < -0.3 is 4.90 Å². The summed E-state index contributed by atoms with van der Waals surface area (Å²) >= 11 is 5.07. The van der Waals surface area contributed by atoms with Gasteiger partial charge in [0.25, 0.3) is 0 Å². The van der Waals surface area contributed by atoms with Crippen molar-refractivity contribution in [2.75, 3.05) is 14.1 Å². The van der Waals surface area contributed by atoms with E-state index in [4.69, 9.17) is 0 Å². The number of hydrogen-bond donors (Lipinski definition) is 0. The number of nitrogens with zero attached hydrogens (tertiary/aromatic N) is 1. The van der Waals surface area contributed by atoms with Crippen molar-refractivity contribution in [1.29, 1.82) is 0 Å². The van der Waals surface area contributed by atoms with Gasteiger partial charge in [0, 0.05) is 35.2 Å². The molecule has 1 aromatic rings. The summed E-state index contributed by atoms with van der Waals surface area (Å²) in [5.74, 6) is 0.185. The first kappa shape index (κ1) is 10.7. The molecule has 4 heteroatoms. The zero-order valence-corrected chi connectivity index (χ0v) is 10.1. The zero-order chi connectivity index (χ0) is 9.84. The second-order valence-corrected chi connectivity index (χ2v) is 4.93. The fraction of sp³-hybridized carbons (Fsp3) is 0.444. The van der Waals surface area contributed by atoms with Crippen molar-refractivity contribution in [1.82, 2.24) is 4.90 Å². The molecule has 0 saturated carbocycles. The fourth-order valence-electron chi connectivity index (χ4n) is 0.939. The normalized spacial score (nSPS) is 10.1. The van der Waals surface area contributed by atoms with Gasteiger partial charge in [-0.05, 0) is 28.4 Å². The maximum atomic E-state index is 11.2. The number of carbonyl (C=O) groups is 1. The molecular weight excluding hydrogens is 250 g/mol. The van der Waals surface area contributed by atoms with E-state index >= 15 is 0 Å². The largest absolute Gasteiger partial charge is 0.349 e. The number of halogens is 1. The molecular formula is C9H12BrNOS. The predicted octanol–water partition coefficient (Wildman–Crippen LogP) is 2.53. The lowest BCUT2D eigenvalue weighted by molar-refractivity contribution is -0.128. The highest BCUT2D eigenvalue weighted by molar-refractivity contribution is 9.10.